The number of rotatable bonds is 11. The minimum Gasteiger partial charge on any atom is -0.486 e. The quantitative estimate of drug-likeness (QED) is 0.361. The highest BCUT2D eigenvalue weighted by molar-refractivity contribution is 8.00. The van der Waals surface area contributed by atoms with Crippen LogP contribution in [0.1, 0.15) is 38.6 Å². The van der Waals surface area contributed by atoms with Gasteiger partial charge in [-0.05, 0) is 49.1 Å². The Labute approximate surface area is 199 Å². The zero-order valence-corrected chi connectivity index (χ0v) is 20.4. The number of halogens is 1. The Bertz CT molecular complexity index is 1040. The Balaban J connectivity index is 1.68. The van der Waals surface area contributed by atoms with E-state index in [4.69, 9.17) is 4.74 Å². The number of benzene rings is 2. The number of amides is 1. The van der Waals surface area contributed by atoms with Crippen molar-refractivity contribution in [3.05, 3.63) is 71.8 Å². The molecule has 0 N–H and O–H groups in total. The first-order valence-electron chi connectivity index (χ1n) is 11.1. The lowest BCUT2D eigenvalue weighted by Gasteiger charge is -2.21. The zero-order valence-electron chi connectivity index (χ0n) is 19.6. The van der Waals surface area contributed by atoms with Crippen molar-refractivity contribution in [2.45, 2.75) is 57.3 Å². The number of carbonyl (C=O) groups is 1. The van der Waals surface area contributed by atoms with Crippen LogP contribution in [-0.2, 0) is 24.5 Å². The van der Waals surface area contributed by atoms with Crippen molar-refractivity contribution in [1.82, 2.24) is 19.7 Å². The Kier molecular flexibility index (Phi) is 8.88. The van der Waals surface area contributed by atoms with E-state index in [1.54, 1.807) is 18.0 Å². The van der Waals surface area contributed by atoms with Crippen LogP contribution in [0.25, 0.3) is 0 Å². The van der Waals surface area contributed by atoms with E-state index in [1.165, 1.54) is 23.9 Å². The summed E-state index contributed by atoms with van der Waals surface area (Å²) in [6.07, 6.45) is 0.964. The first-order chi connectivity index (χ1) is 15.8. The standard InChI is InChI=1S/C25H31FN4O2S/c1-18(2)13-14-30-23(17-32-22-11-6-5-7-12-22)27-28-25(30)33-19(3)24(31)29(4)16-20-9-8-10-21(26)15-20/h5-12,15,18-19H,13-14,16-17H2,1-4H3. The lowest BCUT2D eigenvalue weighted by molar-refractivity contribution is -0.129. The molecule has 0 bridgehead atoms. The second-order valence-electron chi connectivity index (χ2n) is 8.42. The van der Waals surface area contributed by atoms with E-state index in [9.17, 15) is 9.18 Å². The summed E-state index contributed by atoms with van der Waals surface area (Å²) in [4.78, 5) is 14.6. The summed E-state index contributed by atoms with van der Waals surface area (Å²) in [5.41, 5.74) is 0.753. The first-order valence-corrected chi connectivity index (χ1v) is 12.0. The maximum atomic E-state index is 13.5. The van der Waals surface area contributed by atoms with Crippen LogP contribution >= 0.6 is 11.8 Å². The third-order valence-electron chi connectivity index (χ3n) is 5.15. The minimum atomic E-state index is -0.367. The summed E-state index contributed by atoms with van der Waals surface area (Å²) >= 11 is 1.38. The zero-order chi connectivity index (χ0) is 23.8. The van der Waals surface area contributed by atoms with Gasteiger partial charge in [0, 0.05) is 20.1 Å². The molecule has 1 atom stereocenters. The number of nitrogens with zero attached hydrogens (tertiary/aromatic N) is 4. The number of aromatic nitrogens is 3. The monoisotopic (exact) mass is 470 g/mol. The summed E-state index contributed by atoms with van der Waals surface area (Å²) in [5, 5.41) is 9.03. The van der Waals surface area contributed by atoms with Crippen molar-refractivity contribution in [1.29, 1.82) is 0 Å². The Morgan fingerprint density at radius 2 is 1.88 bits per heavy atom. The Hall–Kier alpha value is -2.87. The van der Waals surface area contributed by atoms with Crippen molar-refractivity contribution >= 4 is 17.7 Å². The molecule has 2 aromatic carbocycles. The predicted octanol–water partition coefficient (Wildman–Crippen LogP) is 5.18. The Morgan fingerprint density at radius 3 is 2.58 bits per heavy atom. The molecule has 0 aliphatic rings. The molecule has 0 saturated carbocycles. The van der Waals surface area contributed by atoms with Gasteiger partial charge in [-0.25, -0.2) is 4.39 Å². The van der Waals surface area contributed by atoms with E-state index < -0.39 is 0 Å². The normalized spacial score (nSPS) is 12.1. The number of hydrogen-bond donors (Lipinski definition) is 0. The lowest BCUT2D eigenvalue weighted by Crippen LogP contribution is -2.33. The van der Waals surface area contributed by atoms with Crippen LogP contribution in [0, 0.1) is 11.7 Å². The molecule has 0 aliphatic carbocycles. The van der Waals surface area contributed by atoms with Gasteiger partial charge in [-0.1, -0.05) is 55.9 Å². The molecular formula is C25H31FN4O2S. The summed E-state index contributed by atoms with van der Waals surface area (Å²) < 4.78 is 21.4. The van der Waals surface area contributed by atoms with Crippen molar-refractivity contribution in [3.63, 3.8) is 0 Å². The van der Waals surface area contributed by atoms with Gasteiger partial charge >= 0.3 is 0 Å². The molecule has 0 fully saturated rings. The van der Waals surface area contributed by atoms with Crippen LogP contribution in [0.4, 0.5) is 4.39 Å². The van der Waals surface area contributed by atoms with Gasteiger partial charge in [-0.15, -0.1) is 10.2 Å². The third kappa shape index (κ3) is 7.32. The lowest BCUT2D eigenvalue weighted by atomic mass is 10.1. The molecule has 6 nitrogen and oxygen atoms in total. The average Bonchev–Trinajstić information content (AvgIpc) is 3.17. The van der Waals surface area contributed by atoms with Gasteiger partial charge in [-0.3, -0.25) is 4.79 Å². The van der Waals surface area contributed by atoms with E-state index >= 15 is 0 Å². The second-order valence-corrected chi connectivity index (χ2v) is 9.73. The highest BCUT2D eigenvalue weighted by atomic mass is 32.2. The van der Waals surface area contributed by atoms with Crippen molar-refractivity contribution < 1.29 is 13.9 Å². The molecule has 1 unspecified atom stereocenters. The summed E-state index contributed by atoms with van der Waals surface area (Å²) in [6, 6.07) is 15.9. The van der Waals surface area contributed by atoms with E-state index in [2.05, 4.69) is 24.0 Å². The van der Waals surface area contributed by atoms with E-state index in [0.29, 0.717) is 24.2 Å². The molecule has 1 amide bonds. The molecule has 0 saturated heterocycles. The van der Waals surface area contributed by atoms with Gasteiger partial charge in [0.15, 0.2) is 11.0 Å². The van der Waals surface area contributed by atoms with Crippen molar-refractivity contribution in [3.8, 4) is 5.75 Å². The molecule has 0 spiro atoms. The van der Waals surface area contributed by atoms with Crippen molar-refractivity contribution in [2.24, 2.45) is 5.92 Å². The van der Waals surface area contributed by atoms with Gasteiger partial charge in [0.05, 0.1) is 5.25 Å². The van der Waals surface area contributed by atoms with E-state index in [1.807, 2.05) is 47.9 Å². The SMILES string of the molecule is CC(C)CCn1c(COc2ccccc2)nnc1SC(C)C(=O)N(C)Cc1cccc(F)c1. The number of para-hydroxylation sites is 1. The van der Waals surface area contributed by atoms with Crippen LogP contribution < -0.4 is 4.74 Å². The summed E-state index contributed by atoms with van der Waals surface area (Å²) in [6.45, 7) is 7.60. The summed E-state index contributed by atoms with van der Waals surface area (Å²) in [7, 11) is 1.73. The van der Waals surface area contributed by atoms with Crippen LogP contribution in [0.15, 0.2) is 59.8 Å². The highest BCUT2D eigenvalue weighted by Crippen LogP contribution is 2.25. The number of thioether (sulfide) groups is 1. The smallest absolute Gasteiger partial charge is 0.235 e. The predicted molar refractivity (Wildman–Crippen MR) is 128 cm³/mol. The largest absolute Gasteiger partial charge is 0.486 e. The fourth-order valence-corrected chi connectivity index (χ4v) is 4.30. The second kappa shape index (κ2) is 11.8. The molecule has 33 heavy (non-hydrogen) atoms. The third-order valence-corrected chi connectivity index (χ3v) is 6.22. The van der Waals surface area contributed by atoms with Crippen molar-refractivity contribution in [2.75, 3.05) is 7.05 Å². The van der Waals surface area contributed by atoms with Gasteiger partial charge in [0.1, 0.15) is 18.2 Å². The van der Waals surface area contributed by atoms with Crippen LogP contribution in [0.5, 0.6) is 5.75 Å². The molecular weight excluding hydrogens is 439 g/mol. The van der Waals surface area contributed by atoms with Crippen LogP contribution in [0.2, 0.25) is 0 Å². The molecule has 3 rings (SSSR count). The molecule has 0 aliphatic heterocycles. The van der Waals surface area contributed by atoms with Gasteiger partial charge in [0.2, 0.25) is 5.91 Å². The van der Waals surface area contributed by atoms with Crippen LogP contribution in [-0.4, -0.2) is 37.9 Å². The molecule has 1 heterocycles. The number of ether oxygens (including phenoxy) is 1. The average molecular weight is 471 g/mol. The molecule has 3 aromatic rings. The van der Waals surface area contributed by atoms with Gasteiger partial charge < -0.3 is 14.2 Å². The Morgan fingerprint density at radius 1 is 1.12 bits per heavy atom. The van der Waals surface area contributed by atoms with Gasteiger partial charge in [0.25, 0.3) is 0 Å². The maximum absolute atomic E-state index is 13.5. The topological polar surface area (TPSA) is 60.2 Å². The fraction of sp³-hybridized carbons (Fsp3) is 0.400. The first kappa shape index (κ1) is 24.8. The van der Waals surface area contributed by atoms with E-state index in [0.717, 1.165) is 30.1 Å². The summed E-state index contributed by atoms with van der Waals surface area (Å²) in [5.74, 6) is 1.66. The maximum Gasteiger partial charge on any atom is 0.235 e. The molecule has 1 aromatic heterocycles. The number of carbonyl (C=O) groups excluding carboxylic acids is 1. The minimum absolute atomic E-state index is 0.0512. The molecule has 0 radical (unpaired) electrons. The molecule has 8 heteroatoms. The highest BCUT2D eigenvalue weighted by Gasteiger charge is 2.23. The fourth-order valence-electron chi connectivity index (χ4n) is 3.30. The van der Waals surface area contributed by atoms with E-state index in [-0.39, 0.29) is 17.0 Å². The van der Waals surface area contributed by atoms with Gasteiger partial charge in [-0.2, -0.15) is 0 Å². The number of hydrogen-bond acceptors (Lipinski definition) is 5. The molecule has 176 valence electrons. The van der Waals surface area contributed by atoms with Crippen LogP contribution in [0.3, 0.4) is 0 Å².